The molecule has 0 radical (unpaired) electrons. The maximum Gasteiger partial charge on any atom is 0.122 e. The lowest BCUT2D eigenvalue weighted by Crippen LogP contribution is -2.26. The maximum atomic E-state index is 9.40. The summed E-state index contributed by atoms with van der Waals surface area (Å²) in [6.45, 7) is 7.36. The second kappa shape index (κ2) is 14.2. The van der Waals surface area contributed by atoms with Gasteiger partial charge in [0.05, 0.1) is 13.2 Å². The Morgan fingerprint density at radius 3 is 1.43 bits per heavy atom. The number of aliphatic hydroxyl groups excluding tert-OH is 2. The van der Waals surface area contributed by atoms with Crippen LogP contribution in [-0.2, 0) is 18.3 Å². The number of rotatable bonds is 14. The number of benzene rings is 4. The van der Waals surface area contributed by atoms with Gasteiger partial charge in [-0.25, -0.2) is 0 Å². The molecule has 0 saturated heterocycles. The summed E-state index contributed by atoms with van der Waals surface area (Å²) < 4.78 is 11.9. The van der Waals surface area contributed by atoms with Gasteiger partial charge in [-0.05, 0) is 57.9 Å². The average Bonchev–Trinajstić information content (AvgIpc) is 2.96. The molecule has 0 spiro atoms. The summed E-state index contributed by atoms with van der Waals surface area (Å²) in [5.41, 5.74) is 6.87. The standard InChI is InChI=1S/C36H42O4/c1-27(2)26-36(3,32-14-16-34(39-20-18-37)30(24-32)22-28-10-6-4-7-11-28)33-15-17-35(40-21-19-38)31(25-33)23-29-12-8-5-9-13-29/h4-17,24-25,27,37-38H,18-23,26H2,1-3H3. The molecule has 0 heterocycles. The molecule has 0 aliphatic carbocycles. The van der Waals surface area contributed by atoms with Crippen molar-refractivity contribution in [2.45, 2.75) is 45.4 Å². The Bertz CT molecular complexity index is 1230. The fourth-order valence-electron chi connectivity index (χ4n) is 5.56. The fourth-order valence-corrected chi connectivity index (χ4v) is 5.56. The van der Waals surface area contributed by atoms with Crippen molar-refractivity contribution in [1.82, 2.24) is 0 Å². The third kappa shape index (κ3) is 7.53. The Morgan fingerprint density at radius 2 is 1.05 bits per heavy atom. The molecule has 4 aromatic carbocycles. The van der Waals surface area contributed by atoms with Crippen molar-refractivity contribution in [3.63, 3.8) is 0 Å². The first-order valence-corrected chi connectivity index (χ1v) is 14.2. The average molecular weight is 539 g/mol. The van der Waals surface area contributed by atoms with Crippen molar-refractivity contribution in [1.29, 1.82) is 0 Å². The summed E-state index contributed by atoms with van der Waals surface area (Å²) in [6.07, 6.45) is 2.47. The van der Waals surface area contributed by atoms with E-state index in [0.717, 1.165) is 41.9 Å². The molecule has 0 aliphatic rings. The second-order valence-corrected chi connectivity index (χ2v) is 11.0. The molecule has 0 aromatic heterocycles. The van der Waals surface area contributed by atoms with Crippen molar-refractivity contribution in [3.05, 3.63) is 130 Å². The molecule has 0 atom stereocenters. The van der Waals surface area contributed by atoms with Gasteiger partial charge < -0.3 is 19.7 Å². The van der Waals surface area contributed by atoms with Crippen molar-refractivity contribution >= 4 is 0 Å². The highest BCUT2D eigenvalue weighted by Gasteiger charge is 2.31. The van der Waals surface area contributed by atoms with Crippen LogP contribution in [0.15, 0.2) is 97.1 Å². The van der Waals surface area contributed by atoms with Crippen LogP contribution in [0, 0.1) is 5.92 Å². The van der Waals surface area contributed by atoms with E-state index in [2.05, 4.69) is 106 Å². The van der Waals surface area contributed by atoms with E-state index < -0.39 is 0 Å². The molecular formula is C36H42O4. The van der Waals surface area contributed by atoms with Crippen molar-refractivity contribution in [2.24, 2.45) is 5.92 Å². The molecule has 0 aliphatic heterocycles. The maximum absolute atomic E-state index is 9.40. The Kier molecular flexibility index (Phi) is 10.4. The van der Waals surface area contributed by atoms with Crippen LogP contribution in [0.25, 0.3) is 0 Å². The quantitative estimate of drug-likeness (QED) is 0.182. The molecule has 0 unspecified atom stereocenters. The van der Waals surface area contributed by atoms with Gasteiger partial charge in [0, 0.05) is 18.3 Å². The van der Waals surface area contributed by atoms with Crippen LogP contribution in [0.5, 0.6) is 11.5 Å². The van der Waals surface area contributed by atoms with Gasteiger partial charge in [0.15, 0.2) is 0 Å². The summed E-state index contributed by atoms with van der Waals surface area (Å²) in [5.74, 6) is 2.09. The molecule has 210 valence electrons. The smallest absolute Gasteiger partial charge is 0.122 e. The Hall–Kier alpha value is -3.60. The van der Waals surface area contributed by atoms with Gasteiger partial charge in [-0.3, -0.25) is 0 Å². The van der Waals surface area contributed by atoms with Crippen LogP contribution < -0.4 is 9.47 Å². The van der Waals surface area contributed by atoms with Crippen LogP contribution >= 0.6 is 0 Å². The van der Waals surface area contributed by atoms with E-state index in [9.17, 15) is 10.2 Å². The SMILES string of the molecule is CC(C)CC(C)(c1ccc(OCCO)c(Cc2ccccc2)c1)c1ccc(OCCO)c(Cc2ccccc2)c1. The second-order valence-electron chi connectivity index (χ2n) is 11.0. The van der Waals surface area contributed by atoms with E-state index >= 15 is 0 Å². The molecule has 0 fully saturated rings. The Balaban J connectivity index is 1.79. The minimum Gasteiger partial charge on any atom is -0.491 e. The lowest BCUT2D eigenvalue weighted by Gasteiger charge is -2.34. The van der Waals surface area contributed by atoms with Crippen molar-refractivity contribution in [2.75, 3.05) is 26.4 Å². The Labute approximate surface area is 239 Å². The van der Waals surface area contributed by atoms with Gasteiger partial charge in [-0.2, -0.15) is 0 Å². The predicted octanol–water partition coefficient (Wildman–Crippen LogP) is 6.96. The van der Waals surface area contributed by atoms with Gasteiger partial charge in [0.25, 0.3) is 0 Å². The minimum atomic E-state index is -0.254. The summed E-state index contributed by atoms with van der Waals surface area (Å²) in [6, 6.07) is 33.9. The number of ether oxygens (including phenoxy) is 2. The van der Waals surface area contributed by atoms with Crippen LogP contribution in [0.3, 0.4) is 0 Å². The summed E-state index contributed by atoms with van der Waals surface area (Å²) in [4.78, 5) is 0. The lowest BCUT2D eigenvalue weighted by atomic mass is 9.70. The van der Waals surface area contributed by atoms with E-state index in [1.165, 1.54) is 22.3 Å². The first-order chi connectivity index (χ1) is 19.4. The molecule has 2 N–H and O–H groups in total. The summed E-state index contributed by atoms with van der Waals surface area (Å²) in [7, 11) is 0. The van der Waals surface area contributed by atoms with E-state index in [-0.39, 0.29) is 31.8 Å². The fraction of sp³-hybridized carbons (Fsp3) is 0.333. The summed E-state index contributed by atoms with van der Waals surface area (Å²) in [5, 5.41) is 18.8. The van der Waals surface area contributed by atoms with E-state index in [1.54, 1.807) is 0 Å². The predicted molar refractivity (Wildman–Crippen MR) is 162 cm³/mol. The molecule has 0 amide bonds. The van der Waals surface area contributed by atoms with Gasteiger partial charge in [0.2, 0.25) is 0 Å². The largest absolute Gasteiger partial charge is 0.491 e. The normalized spacial score (nSPS) is 11.6. The monoisotopic (exact) mass is 538 g/mol. The van der Waals surface area contributed by atoms with Crippen LogP contribution in [0.4, 0.5) is 0 Å². The molecular weight excluding hydrogens is 496 g/mol. The third-order valence-corrected chi connectivity index (χ3v) is 7.38. The number of hydrogen-bond acceptors (Lipinski definition) is 4. The van der Waals surface area contributed by atoms with E-state index in [1.807, 2.05) is 12.1 Å². The van der Waals surface area contributed by atoms with Crippen molar-refractivity contribution < 1.29 is 19.7 Å². The zero-order valence-corrected chi connectivity index (χ0v) is 24.0. The molecule has 40 heavy (non-hydrogen) atoms. The molecule has 4 rings (SSSR count). The van der Waals surface area contributed by atoms with E-state index in [4.69, 9.17) is 9.47 Å². The Morgan fingerprint density at radius 1 is 0.625 bits per heavy atom. The van der Waals surface area contributed by atoms with Crippen LogP contribution in [0.1, 0.15) is 60.6 Å². The van der Waals surface area contributed by atoms with Gasteiger partial charge in [-0.1, -0.05) is 106 Å². The first kappa shape index (κ1) is 29.4. The zero-order valence-electron chi connectivity index (χ0n) is 24.0. The number of hydrogen-bond donors (Lipinski definition) is 2. The molecule has 4 nitrogen and oxygen atoms in total. The van der Waals surface area contributed by atoms with Gasteiger partial charge >= 0.3 is 0 Å². The zero-order chi connectivity index (χ0) is 28.4. The van der Waals surface area contributed by atoms with Crippen molar-refractivity contribution in [3.8, 4) is 11.5 Å². The molecule has 0 bridgehead atoms. The van der Waals surface area contributed by atoms with Crippen LogP contribution in [0.2, 0.25) is 0 Å². The van der Waals surface area contributed by atoms with Gasteiger partial charge in [-0.15, -0.1) is 0 Å². The lowest BCUT2D eigenvalue weighted by molar-refractivity contribution is 0.200. The third-order valence-electron chi connectivity index (χ3n) is 7.38. The van der Waals surface area contributed by atoms with Gasteiger partial charge in [0.1, 0.15) is 24.7 Å². The first-order valence-electron chi connectivity index (χ1n) is 14.2. The summed E-state index contributed by atoms with van der Waals surface area (Å²) >= 11 is 0. The highest BCUT2D eigenvalue weighted by Crippen LogP contribution is 2.41. The highest BCUT2D eigenvalue weighted by molar-refractivity contribution is 5.50. The van der Waals surface area contributed by atoms with Crippen LogP contribution in [-0.4, -0.2) is 36.6 Å². The van der Waals surface area contributed by atoms with E-state index in [0.29, 0.717) is 5.92 Å². The number of aliphatic hydroxyl groups is 2. The topological polar surface area (TPSA) is 58.9 Å². The molecule has 4 aromatic rings. The molecule has 0 saturated carbocycles. The minimum absolute atomic E-state index is 0.0213. The molecule has 4 heteroatoms. The highest BCUT2D eigenvalue weighted by atomic mass is 16.5.